The Morgan fingerprint density at radius 1 is 1.00 bits per heavy atom. The fourth-order valence-corrected chi connectivity index (χ4v) is 2.18. The molecule has 2 atom stereocenters. The molecular weight excluding hydrogens is 274 g/mol. The van der Waals surface area contributed by atoms with E-state index in [-0.39, 0.29) is 17.8 Å². The van der Waals surface area contributed by atoms with Crippen LogP contribution in [0.2, 0.25) is 0 Å². The van der Waals surface area contributed by atoms with Gasteiger partial charge in [-0.3, -0.25) is 4.98 Å². The second-order valence-electron chi connectivity index (χ2n) is 4.84. The standard InChI is InChI=1S/C16H18F2N2O/c1-11(13-6-8-19-9-7-13)20-12(2)14-4-3-5-15(10-14)21-16(17)18/h3-12,16,20H,1-2H3. The molecule has 0 saturated heterocycles. The Balaban J connectivity index is 2.04. The SMILES string of the molecule is CC(NC(C)c1cccc(OC(F)F)c1)c1ccncc1. The number of pyridine rings is 1. The predicted octanol–water partition coefficient (Wildman–Crippen LogP) is 4.09. The summed E-state index contributed by atoms with van der Waals surface area (Å²) >= 11 is 0. The van der Waals surface area contributed by atoms with E-state index in [1.165, 1.54) is 6.07 Å². The summed E-state index contributed by atoms with van der Waals surface area (Å²) in [6, 6.07) is 10.8. The zero-order chi connectivity index (χ0) is 15.2. The van der Waals surface area contributed by atoms with Gasteiger partial charge in [0.2, 0.25) is 0 Å². The number of hydrogen-bond acceptors (Lipinski definition) is 3. The van der Waals surface area contributed by atoms with Crippen LogP contribution >= 0.6 is 0 Å². The summed E-state index contributed by atoms with van der Waals surface area (Å²) in [5, 5.41) is 3.42. The number of rotatable bonds is 6. The molecule has 2 aromatic rings. The highest BCUT2D eigenvalue weighted by atomic mass is 19.3. The molecule has 0 aliphatic rings. The van der Waals surface area contributed by atoms with Crippen LogP contribution in [0.5, 0.6) is 5.75 Å². The second kappa shape index (κ2) is 7.13. The summed E-state index contributed by atoms with van der Waals surface area (Å²) in [5.74, 6) is 0.174. The highest BCUT2D eigenvalue weighted by Crippen LogP contribution is 2.23. The van der Waals surface area contributed by atoms with E-state index in [9.17, 15) is 8.78 Å². The van der Waals surface area contributed by atoms with Crippen molar-refractivity contribution in [2.45, 2.75) is 32.5 Å². The minimum atomic E-state index is -2.81. The largest absolute Gasteiger partial charge is 0.435 e. The molecule has 0 aliphatic carbocycles. The van der Waals surface area contributed by atoms with Crippen molar-refractivity contribution in [3.05, 3.63) is 59.9 Å². The third-order valence-electron chi connectivity index (χ3n) is 3.29. The van der Waals surface area contributed by atoms with Crippen molar-refractivity contribution < 1.29 is 13.5 Å². The number of benzene rings is 1. The minimum absolute atomic E-state index is 0.00869. The number of nitrogens with one attached hydrogen (secondary N) is 1. The van der Waals surface area contributed by atoms with E-state index in [4.69, 9.17) is 0 Å². The van der Waals surface area contributed by atoms with Gasteiger partial charge in [-0.2, -0.15) is 8.78 Å². The van der Waals surface area contributed by atoms with Gasteiger partial charge < -0.3 is 10.1 Å². The molecule has 0 spiro atoms. The number of hydrogen-bond donors (Lipinski definition) is 1. The Morgan fingerprint density at radius 2 is 1.67 bits per heavy atom. The van der Waals surface area contributed by atoms with Crippen LogP contribution in [0.25, 0.3) is 0 Å². The molecule has 1 N–H and O–H groups in total. The van der Waals surface area contributed by atoms with E-state index in [1.807, 2.05) is 32.0 Å². The van der Waals surface area contributed by atoms with Crippen molar-refractivity contribution in [2.24, 2.45) is 0 Å². The van der Waals surface area contributed by atoms with E-state index >= 15 is 0 Å². The fourth-order valence-electron chi connectivity index (χ4n) is 2.18. The molecule has 0 aliphatic heterocycles. The molecule has 5 heteroatoms. The normalized spacial score (nSPS) is 14.0. The molecule has 0 amide bonds. The number of nitrogens with zero attached hydrogens (tertiary/aromatic N) is 1. The molecule has 1 aromatic carbocycles. The van der Waals surface area contributed by atoms with Crippen LogP contribution < -0.4 is 10.1 Å². The summed E-state index contributed by atoms with van der Waals surface area (Å²) in [4.78, 5) is 3.99. The molecule has 1 heterocycles. The first-order valence-corrected chi connectivity index (χ1v) is 6.77. The highest BCUT2D eigenvalue weighted by Gasteiger charge is 2.12. The summed E-state index contributed by atoms with van der Waals surface area (Å²) < 4.78 is 28.9. The average Bonchev–Trinajstić information content (AvgIpc) is 2.47. The van der Waals surface area contributed by atoms with Gasteiger partial charge in [-0.05, 0) is 49.2 Å². The lowest BCUT2D eigenvalue weighted by Gasteiger charge is -2.21. The van der Waals surface area contributed by atoms with Crippen LogP contribution in [-0.2, 0) is 0 Å². The van der Waals surface area contributed by atoms with Gasteiger partial charge in [-0.25, -0.2) is 0 Å². The number of ether oxygens (including phenoxy) is 1. The Hall–Kier alpha value is -2.01. The van der Waals surface area contributed by atoms with Crippen LogP contribution in [0.3, 0.4) is 0 Å². The maximum absolute atomic E-state index is 12.2. The molecule has 0 fully saturated rings. The Morgan fingerprint density at radius 3 is 2.33 bits per heavy atom. The van der Waals surface area contributed by atoms with E-state index in [1.54, 1.807) is 24.5 Å². The lowest BCUT2D eigenvalue weighted by atomic mass is 10.0. The van der Waals surface area contributed by atoms with Gasteiger partial charge in [0.05, 0.1) is 0 Å². The van der Waals surface area contributed by atoms with Crippen LogP contribution in [-0.4, -0.2) is 11.6 Å². The molecule has 2 rings (SSSR count). The lowest BCUT2D eigenvalue weighted by molar-refractivity contribution is -0.0499. The molecule has 2 unspecified atom stereocenters. The summed E-state index contributed by atoms with van der Waals surface area (Å²) in [5.41, 5.74) is 2.02. The highest BCUT2D eigenvalue weighted by molar-refractivity contribution is 5.30. The molecule has 3 nitrogen and oxygen atoms in total. The quantitative estimate of drug-likeness (QED) is 0.870. The van der Waals surface area contributed by atoms with Crippen molar-refractivity contribution in [1.82, 2.24) is 10.3 Å². The minimum Gasteiger partial charge on any atom is -0.435 e. The van der Waals surface area contributed by atoms with Crippen molar-refractivity contribution in [1.29, 1.82) is 0 Å². The third kappa shape index (κ3) is 4.49. The van der Waals surface area contributed by atoms with Crippen molar-refractivity contribution in [3.8, 4) is 5.75 Å². The van der Waals surface area contributed by atoms with Gasteiger partial charge in [0.1, 0.15) is 5.75 Å². The molecule has 0 saturated carbocycles. The number of alkyl halides is 2. The van der Waals surface area contributed by atoms with Crippen LogP contribution in [0.15, 0.2) is 48.8 Å². The molecule has 0 radical (unpaired) electrons. The first kappa shape index (κ1) is 15.4. The first-order chi connectivity index (χ1) is 10.1. The van der Waals surface area contributed by atoms with Crippen LogP contribution in [0.1, 0.15) is 37.1 Å². The summed E-state index contributed by atoms with van der Waals surface area (Å²) in [7, 11) is 0. The summed E-state index contributed by atoms with van der Waals surface area (Å²) in [6.07, 6.45) is 3.49. The zero-order valence-electron chi connectivity index (χ0n) is 12.0. The topological polar surface area (TPSA) is 34.1 Å². The molecular formula is C16H18F2N2O. The Kier molecular flexibility index (Phi) is 5.22. The van der Waals surface area contributed by atoms with Crippen LogP contribution in [0.4, 0.5) is 8.78 Å². The molecule has 1 aromatic heterocycles. The van der Waals surface area contributed by atoms with E-state index in [0.29, 0.717) is 0 Å². The first-order valence-electron chi connectivity index (χ1n) is 6.77. The molecule has 21 heavy (non-hydrogen) atoms. The maximum Gasteiger partial charge on any atom is 0.387 e. The van der Waals surface area contributed by atoms with Gasteiger partial charge in [0.25, 0.3) is 0 Å². The van der Waals surface area contributed by atoms with Crippen molar-refractivity contribution >= 4 is 0 Å². The number of aromatic nitrogens is 1. The monoisotopic (exact) mass is 292 g/mol. The maximum atomic E-state index is 12.2. The smallest absolute Gasteiger partial charge is 0.387 e. The molecule has 112 valence electrons. The van der Waals surface area contributed by atoms with E-state index in [2.05, 4.69) is 15.0 Å². The fraction of sp³-hybridized carbons (Fsp3) is 0.312. The summed E-state index contributed by atoms with van der Waals surface area (Å²) in [6.45, 7) is 1.23. The molecule has 0 bridgehead atoms. The zero-order valence-corrected chi connectivity index (χ0v) is 12.0. The average molecular weight is 292 g/mol. The lowest BCUT2D eigenvalue weighted by Crippen LogP contribution is -2.22. The number of halogens is 2. The van der Waals surface area contributed by atoms with Crippen LogP contribution in [0, 0.1) is 0 Å². The van der Waals surface area contributed by atoms with Gasteiger partial charge in [0, 0.05) is 24.5 Å². The predicted molar refractivity (Wildman–Crippen MR) is 77.3 cm³/mol. The van der Waals surface area contributed by atoms with Crippen molar-refractivity contribution in [3.63, 3.8) is 0 Å². The Labute approximate surface area is 123 Å². The van der Waals surface area contributed by atoms with Gasteiger partial charge in [0.15, 0.2) is 0 Å². The second-order valence-corrected chi connectivity index (χ2v) is 4.84. The van der Waals surface area contributed by atoms with Crippen molar-refractivity contribution in [2.75, 3.05) is 0 Å². The van der Waals surface area contributed by atoms with Gasteiger partial charge >= 0.3 is 6.61 Å². The van der Waals surface area contributed by atoms with E-state index < -0.39 is 6.61 Å². The van der Waals surface area contributed by atoms with Gasteiger partial charge in [-0.1, -0.05) is 12.1 Å². The Bertz CT molecular complexity index is 563. The van der Waals surface area contributed by atoms with Gasteiger partial charge in [-0.15, -0.1) is 0 Å². The van der Waals surface area contributed by atoms with E-state index in [0.717, 1.165) is 11.1 Å². The third-order valence-corrected chi connectivity index (χ3v) is 3.29.